The molecule has 5 heteroatoms. The molecule has 0 spiro atoms. The van der Waals surface area contributed by atoms with Crippen molar-refractivity contribution in [3.63, 3.8) is 0 Å². The molecule has 1 heterocycles. The van der Waals surface area contributed by atoms with Crippen molar-refractivity contribution in [2.45, 2.75) is 6.61 Å². The number of halogens is 1. The molecule has 1 aliphatic heterocycles. The molecule has 0 unspecified atom stereocenters. The van der Waals surface area contributed by atoms with Gasteiger partial charge in [-0.25, -0.2) is 0 Å². The van der Waals surface area contributed by atoms with Crippen molar-refractivity contribution in [2.75, 3.05) is 13.4 Å². The number of ketones is 1. The van der Waals surface area contributed by atoms with Gasteiger partial charge in [0.25, 0.3) is 0 Å². The van der Waals surface area contributed by atoms with Crippen LogP contribution in [-0.4, -0.2) is 19.2 Å². The van der Waals surface area contributed by atoms with Crippen molar-refractivity contribution in [1.82, 2.24) is 0 Å². The third kappa shape index (κ3) is 3.25. The first kappa shape index (κ1) is 14.1. The van der Waals surface area contributed by atoms with Gasteiger partial charge in [0, 0.05) is 10.0 Å². The summed E-state index contributed by atoms with van der Waals surface area (Å²) in [6.07, 6.45) is 0. The molecule has 0 N–H and O–H groups in total. The van der Waals surface area contributed by atoms with Crippen molar-refractivity contribution in [1.29, 1.82) is 0 Å². The Labute approximate surface area is 130 Å². The van der Waals surface area contributed by atoms with Crippen LogP contribution in [0.3, 0.4) is 0 Å². The van der Waals surface area contributed by atoms with E-state index in [1.165, 1.54) is 0 Å². The van der Waals surface area contributed by atoms with Crippen LogP contribution in [0.25, 0.3) is 0 Å². The van der Waals surface area contributed by atoms with Gasteiger partial charge in [-0.05, 0) is 29.8 Å². The summed E-state index contributed by atoms with van der Waals surface area (Å²) in [6.45, 7) is 0.615. The van der Waals surface area contributed by atoms with Gasteiger partial charge >= 0.3 is 0 Å². The summed E-state index contributed by atoms with van der Waals surface area (Å²) in [4.78, 5) is 12.1. The standard InChI is InChI=1S/C16H13BrO4/c17-13-4-2-1-3-12(13)8-19-9-14(18)11-5-6-15-16(7-11)21-10-20-15/h1-7H,8-10H2. The molecule has 0 aliphatic carbocycles. The van der Waals surface area contributed by atoms with E-state index < -0.39 is 0 Å². The van der Waals surface area contributed by atoms with Crippen molar-refractivity contribution >= 4 is 21.7 Å². The first-order valence-electron chi connectivity index (χ1n) is 6.48. The van der Waals surface area contributed by atoms with E-state index in [2.05, 4.69) is 15.9 Å². The Morgan fingerprint density at radius 2 is 1.95 bits per heavy atom. The van der Waals surface area contributed by atoms with E-state index in [0.717, 1.165) is 10.0 Å². The van der Waals surface area contributed by atoms with E-state index in [-0.39, 0.29) is 19.2 Å². The SMILES string of the molecule is O=C(COCc1ccccc1Br)c1ccc2c(c1)OCO2. The average molecular weight is 349 g/mol. The Kier molecular flexibility index (Phi) is 4.22. The predicted molar refractivity (Wildman–Crippen MR) is 80.7 cm³/mol. The molecular weight excluding hydrogens is 336 g/mol. The zero-order valence-corrected chi connectivity index (χ0v) is 12.8. The van der Waals surface area contributed by atoms with E-state index in [1.54, 1.807) is 18.2 Å². The fraction of sp³-hybridized carbons (Fsp3) is 0.188. The van der Waals surface area contributed by atoms with E-state index in [1.807, 2.05) is 24.3 Å². The van der Waals surface area contributed by atoms with Gasteiger partial charge < -0.3 is 14.2 Å². The smallest absolute Gasteiger partial charge is 0.231 e. The number of benzene rings is 2. The van der Waals surface area contributed by atoms with Crippen LogP contribution >= 0.6 is 15.9 Å². The Bertz CT molecular complexity index is 669. The zero-order valence-electron chi connectivity index (χ0n) is 11.2. The molecule has 3 rings (SSSR count). The number of Topliss-reactive ketones (excluding diaryl/α,β-unsaturated/α-hetero) is 1. The van der Waals surface area contributed by atoms with Crippen LogP contribution in [0.4, 0.5) is 0 Å². The molecular formula is C16H13BrO4. The second kappa shape index (κ2) is 6.28. The summed E-state index contributed by atoms with van der Waals surface area (Å²) >= 11 is 3.45. The normalized spacial score (nSPS) is 12.4. The molecule has 0 bridgehead atoms. The lowest BCUT2D eigenvalue weighted by Gasteiger charge is -2.06. The summed E-state index contributed by atoms with van der Waals surface area (Å²) in [5.74, 6) is 1.19. The third-order valence-electron chi connectivity index (χ3n) is 3.14. The molecule has 0 saturated heterocycles. The summed E-state index contributed by atoms with van der Waals surface area (Å²) in [5, 5.41) is 0. The Morgan fingerprint density at radius 3 is 2.81 bits per heavy atom. The van der Waals surface area contributed by atoms with Crippen LogP contribution in [0, 0.1) is 0 Å². The number of carbonyl (C=O) groups excluding carboxylic acids is 1. The fourth-order valence-corrected chi connectivity index (χ4v) is 2.42. The highest BCUT2D eigenvalue weighted by molar-refractivity contribution is 9.10. The minimum absolute atomic E-state index is 0.0287. The van der Waals surface area contributed by atoms with Crippen molar-refractivity contribution in [3.05, 3.63) is 58.1 Å². The van der Waals surface area contributed by atoms with E-state index in [0.29, 0.717) is 23.7 Å². The molecule has 108 valence electrons. The number of fused-ring (bicyclic) bond motifs is 1. The van der Waals surface area contributed by atoms with Gasteiger partial charge in [-0.3, -0.25) is 4.79 Å². The van der Waals surface area contributed by atoms with Gasteiger partial charge in [-0.2, -0.15) is 0 Å². The molecule has 1 aliphatic rings. The third-order valence-corrected chi connectivity index (χ3v) is 3.92. The number of rotatable bonds is 5. The van der Waals surface area contributed by atoms with Crippen LogP contribution in [0.5, 0.6) is 11.5 Å². The summed E-state index contributed by atoms with van der Waals surface area (Å²) in [5.41, 5.74) is 1.57. The van der Waals surface area contributed by atoms with Crippen LogP contribution in [-0.2, 0) is 11.3 Å². The van der Waals surface area contributed by atoms with Crippen molar-refractivity contribution < 1.29 is 19.0 Å². The molecule has 0 fully saturated rings. The fourth-order valence-electron chi connectivity index (χ4n) is 2.02. The highest BCUT2D eigenvalue weighted by atomic mass is 79.9. The molecule has 0 saturated carbocycles. The van der Waals surface area contributed by atoms with Crippen LogP contribution in [0.2, 0.25) is 0 Å². The first-order chi connectivity index (χ1) is 10.2. The predicted octanol–water partition coefficient (Wildman–Crippen LogP) is 3.58. The lowest BCUT2D eigenvalue weighted by molar-refractivity contribution is 0.0725. The van der Waals surface area contributed by atoms with E-state index in [4.69, 9.17) is 14.2 Å². The molecule has 4 nitrogen and oxygen atoms in total. The molecule has 21 heavy (non-hydrogen) atoms. The Hall–Kier alpha value is -1.85. The largest absolute Gasteiger partial charge is 0.454 e. The summed E-state index contributed by atoms with van der Waals surface area (Å²) < 4.78 is 16.9. The number of ether oxygens (including phenoxy) is 3. The van der Waals surface area contributed by atoms with Crippen LogP contribution in [0.15, 0.2) is 46.9 Å². The van der Waals surface area contributed by atoms with Crippen molar-refractivity contribution in [3.8, 4) is 11.5 Å². The Morgan fingerprint density at radius 1 is 1.14 bits per heavy atom. The van der Waals surface area contributed by atoms with Gasteiger partial charge in [0.15, 0.2) is 17.3 Å². The number of hydrogen-bond donors (Lipinski definition) is 0. The van der Waals surface area contributed by atoms with Gasteiger partial charge in [0.2, 0.25) is 6.79 Å². The quantitative estimate of drug-likeness (QED) is 0.774. The molecule has 2 aromatic rings. The second-order valence-corrected chi connectivity index (χ2v) is 5.43. The maximum atomic E-state index is 12.1. The lowest BCUT2D eigenvalue weighted by atomic mass is 10.1. The molecule has 2 aromatic carbocycles. The monoisotopic (exact) mass is 348 g/mol. The highest BCUT2D eigenvalue weighted by Gasteiger charge is 2.16. The van der Waals surface area contributed by atoms with E-state index >= 15 is 0 Å². The molecule has 0 radical (unpaired) electrons. The van der Waals surface area contributed by atoms with Gasteiger partial charge in [-0.15, -0.1) is 0 Å². The number of hydrogen-bond acceptors (Lipinski definition) is 4. The maximum Gasteiger partial charge on any atom is 0.231 e. The summed E-state index contributed by atoms with van der Waals surface area (Å²) in [6, 6.07) is 12.9. The summed E-state index contributed by atoms with van der Waals surface area (Å²) in [7, 11) is 0. The number of carbonyl (C=O) groups is 1. The van der Waals surface area contributed by atoms with Crippen molar-refractivity contribution in [2.24, 2.45) is 0 Å². The van der Waals surface area contributed by atoms with Crippen LogP contribution < -0.4 is 9.47 Å². The lowest BCUT2D eigenvalue weighted by Crippen LogP contribution is -2.09. The highest BCUT2D eigenvalue weighted by Crippen LogP contribution is 2.32. The molecule has 0 amide bonds. The van der Waals surface area contributed by atoms with Crippen LogP contribution in [0.1, 0.15) is 15.9 Å². The average Bonchev–Trinajstić information content (AvgIpc) is 2.96. The van der Waals surface area contributed by atoms with Gasteiger partial charge in [-0.1, -0.05) is 34.1 Å². The zero-order chi connectivity index (χ0) is 14.7. The second-order valence-electron chi connectivity index (χ2n) is 4.58. The molecule has 0 aromatic heterocycles. The topological polar surface area (TPSA) is 44.8 Å². The van der Waals surface area contributed by atoms with Gasteiger partial charge in [0.1, 0.15) is 6.61 Å². The van der Waals surface area contributed by atoms with Gasteiger partial charge in [0.05, 0.1) is 6.61 Å². The maximum absolute atomic E-state index is 12.1. The Balaban J connectivity index is 1.58. The first-order valence-corrected chi connectivity index (χ1v) is 7.27. The van der Waals surface area contributed by atoms with E-state index in [9.17, 15) is 4.79 Å². The minimum Gasteiger partial charge on any atom is -0.454 e. The minimum atomic E-state index is -0.0830. The molecule has 0 atom stereocenters.